The molecule has 0 aromatic heterocycles. The number of nitrogens with one attached hydrogen (secondary N) is 2. The SMILES string of the molecule is CO[B]N(C)CCCN(C(=O)OC(C)(C)C)/C(CCCN(CCCNC(=O)OC(C)(C)C)C(=O)OC(C)(C)C)=C(/NC(=O)OCC1c2ccccc2-c2ccccc21)C(=O)Oc1c(F)c(F)c(F)c(F)c1F. The quantitative estimate of drug-likeness (QED) is 0.0126. The van der Waals surface area contributed by atoms with Gasteiger partial charge in [-0.2, -0.15) is 8.78 Å². The summed E-state index contributed by atoms with van der Waals surface area (Å²) in [6.07, 6.45) is -4.21. The van der Waals surface area contributed by atoms with E-state index in [2.05, 4.69) is 10.6 Å². The number of carbonyl (C=O) groups is 5. The van der Waals surface area contributed by atoms with Gasteiger partial charge in [0.05, 0.1) is 5.70 Å². The Bertz CT molecular complexity index is 2380. The van der Waals surface area contributed by atoms with Crippen LogP contribution in [0.4, 0.5) is 41.1 Å². The van der Waals surface area contributed by atoms with Crippen molar-refractivity contribution in [3.8, 4) is 16.9 Å². The van der Waals surface area contributed by atoms with E-state index in [9.17, 15) is 37.1 Å². The van der Waals surface area contributed by atoms with Crippen molar-refractivity contribution in [2.24, 2.45) is 0 Å². The average Bonchev–Trinajstić information content (AvgIpc) is 3.60. The number of amides is 4. The molecule has 16 nitrogen and oxygen atoms in total. The number of hydrogen-bond acceptors (Lipinski definition) is 12. The van der Waals surface area contributed by atoms with Crippen LogP contribution in [0.2, 0.25) is 0 Å². The number of ether oxygens (including phenoxy) is 5. The van der Waals surface area contributed by atoms with Gasteiger partial charge in [0.15, 0.2) is 5.70 Å². The Balaban J connectivity index is 1.85. The van der Waals surface area contributed by atoms with Crippen molar-refractivity contribution in [3.05, 3.63) is 100 Å². The molecule has 0 fully saturated rings. The number of benzene rings is 3. The second-order valence-corrected chi connectivity index (χ2v) is 19.7. The Morgan fingerprint density at radius 3 is 1.69 bits per heavy atom. The van der Waals surface area contributed by atoms with Gasteiger partial charge in [0.1, 0.15) is 23.4 Å². The summed E-state index contributed by atoms with van der Waals surface area (Å²) in [7, 11) is 4.46. The third-order valence-corrected chi connectivity index (χ3v) is 10.3. The van der Waals surface area contributed by atoms with Crippen LogP contribution in [-0.4, -0.2) is 123 Å². The maximum atomic E-state index is 15.2. The third-order valence-electron chi connectivity index (χ3n) is 10.3. The Hall–Kier alpha value is -6.42. The molecule has 0 bridgehead atoms. The minimum atomic E-state index is -2.53. The largest absolute Gasteiger partial charge is 0.448 e. The first kappa shape index (κ1) is 58.2. The van der Waals surface area contributed by atoms with E-state index in [0.717, 1.165) is 27.2 Å². The molecule has 0 saturated carbocycles. The number of hydrogen-bond donors (Lipinski definition) is 2. The molecule has 0 atom stereocenters. The summed E-state index contributed by atoms with van der Waals surface area (Å²) in [5.41, 5.74) is -0.961. The average molecular weight is 1020 g/mol. The van der Waals surface area contributed by atoms with Crippen molar-refractivity contribution < 1.29 is 74.3 Å². The normalized spacial score (nSPS) is 12.8. The van der Waals surface area contributed by atoms with E-state index in [1.165, 1.54) is 19.6 Å². The molecule has 1 aliphatic carbocycles. The smallest absolute Gasteiger partial charge is 0.414 e. The maximum Gasteiger partial charge on any atom is 0.414 e. The number of carbonyl (C=O) groups excluding carboxylic acids is 5. The van der Waals surface area contributed by atoms with Crippen LogP contribution in [-0.2, 0) is 28.4 Å². The summed E-state index contributed by atoms with van der Waals surface area (Å²) < 4.78 is 106. The first-order valence-corrected chi connectivity index (χ1v) is 23.2. The van der Waals surface area contributed by atoms with Crippen LogP contribution in [0, 0.1) is 29.1 Å². The predicted molar refractivity (Wildman–Crippen MR) is 256 cm³/mol. The van der Waals surface area contributed by atoms with Gasteiger partial charge in [-0.05, 0) is 124 Å². The molecule has 72 heavy (non-hydrogen) atoms. The van der Waals surface area contributed by atoms with E-state index >= 15 is 8.78 Å². The molecular formula is C50H64BF5N5O11. The minimum absolute atomic E-state index is 0.00494. The molecular weight excluding hydrogens is 952 g/mol. The molecule has 22 heteroatoms. The number of halogens is 5. The van der Waals surface area contributed by atoms with Crippen LogP contribution >= 0.6 is 0 Å². The molecule has 0 spiro atoms. The topological polar surface area (TPSA) is 175 Å². The van der Waals surface area contributed by atoms with Crippen molar-refractivity contribution in [3.63, 3.8) is 0 Å². The number of nitrogens with zero attached hydrogens (tertiary/aromatic N) is 3. The second-order valence-electron chi connectivity index (χ2n) is 19.7. The zero-order valence-electron chi connectivity index (χ0n) is 42.6. The van der Waals surface area contributed by atoms with E-state index in [1.807, 2.05) is 48.5 Å². The lowest BCUT2D eigenvalue weighted by Crippen LogP contribution is -2.42. The van der Waals surface area contributed by atoms with Gasteiger partial charge in [-0.3, -0.25) is 10.2 Å². The monoisotopic (exact) mass is 1020 g/mol. The number of alkyl carbamates (subject to hydrolysis) is 2. The molecule has 3 aromatic rings. The van der Waals surface area contributed by atoms with Gasteiger partial charge in [0, 0.05) is 39.2 Å². The van der Waals surface area contributed by atoms with E-state index < -0.39 is 106 Å². The Labute approximate surface area is 417 Å². The zero-order chi connectivity index (χ0) is 53.7. The highest BCUT2D eigenvalue weighted by molar-refractivity contribution is 6.23. The highest BCUT2D eigenvalue weighted by atomic mass is 19.2. The zero-order valence-corrected chi connectivity index (χ0v) is 42.6. The first-order chi connectivity index (χ1) is 33.6. The molecule has 0 heterocycles. The van der Waals surface area contributed by atoms with Crippen molar-refractivity contribution in [2.45, 2.75) is 111 Å². The first-order valence-electron chi connectivity index (χ1n) is 23.2. The fourth-order valence-electron chi connectivity index (χ4n) is 7.39. The lowest BCUT2D eigenvalue weighted by Gasteiger charge is -2.32. The van der Waals surface area contributed by atoms with Gasteiger partial charge in [-0.25, -0.2) is 37.1 Å². The van der Waals surface area contributed by atoms with Crippen molar-refractivity contribution in [2.75, 3.05) is 53.5 Å². The fraction of sp³-hybridized carbons (Fsp3) is 0.500. The van der Waals surface area contributed by atoms with E-state index in [0.29, 0.717) is 0 Å². The Kier molecular flexibility index (Phi) is 20.4. The van der Waals surface area contributed by atoms with Gasteiger partial charge in [0.2, 0.25) is 34.8 Å². The van der Waals surface area contributed by atoms with Gasteiger partial charge in [0.25, 0.3) is 0 Å². The van der Waals surface area contributed by atoms with E-state index in [1.54, 1.807) is 74.2 Å². The molecule has 393 valence electrons. The number of esters is 1. The summed E-state index contributed by atoms with van der Waals surface area (Å²) >= 11 is 0. The van der Waals surface area contributed by atoms with E-state index in [-0.39, 0.29) is 58.6 Å². The van der Waals surface area contributed by atoms with Crippen LogP contribution in [0.25, 0.3) is 11.1 Å². The summed E-state index contributed by atoms with van der Waals surface area (Å²) in [5, 5.41) is 4.88. The van der Waals surface area contributed by atoms with Crippen LogP contribution in [0.3, 0.4) is 0 Å². The standard InChI is InChI=1S/C50H64BF5N5O11/c1-48(2,3)70-44(63)57-24-17-27-60(46(65)71-49(4,5)6)26-16-23-35(61(47(66)72-50(7,8)9)28-18-25-59(10)51-67-11)41(43(62)69-42-39(55)37(53)36(52)38(54)40(42)56)58-45(64)68-29-34-32-21-14-12-19-30(32)31-20-13-15-22-33(31)34/h12-15,19-22,34H,16-18,23-29H2,1-11H3,(H,57,63)(H,58,64)/b41-35+. The number of allylic oxidation sites excluding steroid dienone is 1. The van der Waals surface area contributed by atoms with Gasteiger partial charge < -0.3 is 43.4 Å². The van der Waals surface area contributed by atoms with Gasteiger partial charge in [-0.1, -0.05) is 48.5 Å². The highest BCUT2D eigenvalue weighted by Gasteiger charge is 2.36. The van der Waals surface area contributed by atoms with Crippen LogP contribution in [0.15, 0.2) is 59.9 Å². The summed E-state index contributed by atoms with van der Waals surface area (Å²) in [5.74, 6) is -16.8. The molecule has 0 unspecified atom stereocenters. The summed E-state index contributed by atoms with van der Waals surface area (Å²) in [4.78, 5) is 72.8. The second kappa shape index (κ2) is 25.3. The van der Waals surface area contributed by atoms with Crippen LogP contribution in [0.5, 0.6) is 5.75 Å². The Morgan fingerprint density at radius 2 is 1.15 bits per heavy atom. The molecule has 1 radical (unpaired) electrons. The Morgan fingerprint density at radius 1 is 0.639 bits per heavy atom. The third kappa shape index (κ3) is 16.8. The van der Waals surface area contributed by atoms with Crippen LogP contribution < -0.4 is 15.4 Å². The van der Waals surface area contributed by atoms with Gasteiger partial charge >= 0.3 is 38.0 Å². The minimum Gasteiger partial charge on any atom is -0.448 e. The van der Waals surface area contributed by atoms with E-state index in [4.69, 9.17) is 28.3 Å². The molecule has 3 aromatic carbocycles. The molecule has 0 aliphatic heterocycles. The fourth-order valence-corrected chi connectivity index (χ4v) is 7.39. The molecule has 4 amide bonds. The summed E-state index contributed by atoms with van der Waals surface area (Å²) in [6.45, 7) is 14.2. The van der Waals surface area contributed by atoms with Crippen LogP contribution in [0.1, 0.15) is 105 Å². The van der Waals surface area contributed by atoms with Crippen molar-refractivity contribution >= 4 is 38.0 Å². The van der Waals surface area contributed by atoms with Crippen molar-refractivity contribution in [1.82, 2.24) is 25.2 Å². The molecule has 2 N–H and O–H groups in total. The van der Waals surface area contributed by atoms with Crippen molar-refractivity contribution in [1.29, 1.82) is 0 Å². The summed E-state index contributed by atoms with van der Waals surface area (Å²) in [6, 6.07) is 14.8. The van der Waals surface area contributed by atoms with Gasteiger partial charge in [-0.15, -0.1) is 0 Å². The lowest BCUT2D eigenvalue weighted by molar-refractivity contribution is -0.131. The molecule has 1 aliphatic rings. The lowest BCUT2D eigenvalue weighted by atomic mass is 9.98. The number of fused-ring (bicyclic) bond motifs is 3. The maximum absolute atomic E-state index is 15.2. The number of rotatable bonds is 20. The molecule has 0 saturated heterocycles. The molecule has 4 rings (SSSR count). The highest BCUT2D eigenvalue weighted by Crippen LogP contribution is 2.44. The predicted octanol–water partition coefficient (Wildman–Crippen LogP) is 9.71.